The number of hydrogen-bond donors (Lipinski definition) is 2. The maximum atomic E-state index is 13.3. The highest BCUT2D eigenvalue weighted by atomic mass is 32.2. The number of carboxylic acid groups (broad SMARTS) is 1. The van der Waals surface area contributed by atoms with Crippen molar-refractivity contribution in [2.75, 3.05) is 30.5 Å². The molecule has 1 saturated heterocycles. The van der Waals surface area contributed by atoms with Crippen molar-refractivity contribution in [2.45, 2.75) is 88.3 Å². The number of β-lactam (4-membered cyclic amide) rings is 1. The second kappa shape index (κ2) is 16.9. The van der Waals surface area contributed by atoms with Crippen LogP contribution in [0.5, 0.6) is 0 Å². The zero-order valence-corrected chi connectivity index (χ0v) is 27.0. The summed E-state index contributed by atoms with van der Waals surface area (Å²) in [7, 11) is 0. The number of unbranched alkanes of at least 4 members (excludes halogenated alkanes) is 6. The van der Waals surface area contributed by atoms with Crippen molar-refractivity contribution in [3.63, 3.8) is 0 Å². The maximum absolute atomic E-state index is 13.3. The first-order valence-corrected chi connectivity index (χ1v) is 17.8. The summed E-state index contributed by atoms with van der Waals surface area (Å²) in [6.45, 7) is 5.76. The molecule has 1 aromatic heterocycles. The first-order chi connectivity index (χ1) is 21.0. The molecule has 43 heavy (non-hydrogen) atoms. The van der Waals surface area contributed by atoms with Crippen LogP contribution in [0.25, 0.3) is 0 Å². The van der Waals surface area contributed by atoms with Crippen LogP contribution in [0.2, 0.25) is 0 Å². The summed E-state index contributed by atoms with van der Waals surface area (Å²) >= 11 is 4.26. The Morgan fingerprint density at radius 2 is 2.00 bits per heavy atom. The molecule has 2 N–H and O–H groups in total. The minimum absolute atomic E-state index is 0.0340. The van der Waals surface area contributed by atoms with Crippen LogP contribution < -0.4 is 5.32 Å². The molecule has 236 valence electrons. The number of ether oxygens (including phenoxy) is 1. The van der Waals surface area contributed by atoms with Gasteiger partial charge in [0.05, 0.1) is 6.61 Å². The van der Waals surface area contributed by atoms with E-state index < -0.39 is 29.2 Å². The van der Waals surface area contributed by atoms with Gasteiger partial charge in [-0.1, -0.05) is 62.9 Å². The third-order valence-corrected chi connectivity index (χ3v) is 10.1. The van der Waals surface area contributed by atoms with E-state index in [9.17, 15) is 19.5 Å². The van der Waals surface area contributed by atoms with Gasteiger partial charge in [0, 0.05) is 29.2 Å². The molecule has 0 saturated carbocycles. The number of carboxylic acids is 1. The Labute approximate surface area is 264 Å². The largest absolute Gasteiger partial charge is 0.490 e. The molecule has 16 heteroatoms. The summed E-state index contributed by atoms with van der Waals surface area (Å²) in [5, 5.41) is 30.6. The lowest BCUT2D eigenvalue weighted by Crippen LogP contribution is -2.71. The zero-order valence-electron chi connectivity index (χ0n) is 24.5. The fraction of sp³-hybridized carbons (Fsp3) is 0.667. The lowest BCUT2D eigenvalue weighted by atomic mass is 10.0. The summed E-state index contributed by atoms with van der Waals surface area (Å²) in [5.74, 6) is -0.514. The minimum Gasteiger partial charge on any atom is -0.490 e. The van der Waals surface area contributed by atoms with Crippen LogP contribution in [0, 0.1) is 0 Å². The van der Waals surface area contributed by atoms with Crippen LogP contribution in [-0.4, -0.2) is 95.6 Å². The van der Waals surface area contributed by atoms with Gasteiger partial charge in [-0.05, 0) is 35.3 Å². The van der Waals surface area contributed by atoms with Gasteiger partial charge in [0.2, 0.25) is 10.9 Å². The number of amides is 2. The number of nitrogens with zero attached hydrogens (tertiary/aromatic N) is 6. The third kappa shape index (κ3) is 8.69. The van der Waals surface area contributed by atoms with E-state index in [0.29, 0.717) is 47.8 Å². The topological polar surface area (TPSA) is 161 Å². The van der Waals surface area contributed by atoms with Gasteiger partial charge in [-0.25, -0.2) is 9.48 Å². The number of aromatic nitrogens is 4. The highest BCUT2D eigenvalue weighted by Crippen LogP contribution is 2.41. The molecule has 13 nitrogen and oxygen atoms in total. The van der Waals surface area contributed by atoms with Crippen molar-refractivity contribution < 1.29 is 29.1 Å². The van der Waals surface area contributed by atoms with Crippen molar-refractivity contribution in [1.29, 1.82) is 0 Å². The number of nitrogens with one attached hydrogen (secondary N) is 1. The molecule has 0 bridgehead atoms. The van der Waals surface area contributed by atoms with Crippen LogP contribution in [0.15, 0.2) is 32.7 Å². The Balaban J connectivity index is 1.40. The molecule has 1 fully saturated rings. The fourth-order valence-corrected chi connectivity index (χ4v) is 7.70. The lowest BCUT2D eigenvalue weighted by molar-refractivity contribution is -0.150. The van der Waals surface area contributed by atoms with E-state index in [4.69, 9.17) is 9.57 Å². The first kappa shape index (κ1) is 33.2. The Hall–Kier alpha value is -2.72. The van der Waals surface area contributed by atoms with Crippen molar-refractivity contribution >= 4 is 58.8 Å². The molecule has 1 unspecified atom stereocenters. The fourth-order valence-electron chi connectivity index (χ4n) is 4.68. The molecule has 0 radical (unpaired) electrons. The van der Waals surface area contributed by atoms with Gasteiger partial charge in [-0.2, -0.15) is 0 Å². The highest BCUT2D eigenvalue weighted by Gasteiger charge is 2.54. The number of carbonyl (C=O) groups is 3. The van der Waals surface area contributed by atoms with Crippen LogP contribution in [0.3, 0.4) is 0 Å². The molecule has 3 aliphatic rings. The summed E-state index contributed by atoms with van der Waals surface area (Å²) in [5.41, 5.74) is 0.523. The molecule has 0 spiro atoms. The summed E-state index contributed by atoms with van der Waals surface area (Å²) < 4.78 is 7.38. The first-order valence-electron chi connectivity index (χ1n) is 14.7. The molecule has 3 aliphatic heterocycles. The quantitative estimate of drug-likeness (QED) is 0.0779. The van der Waals surface area contributed by atoms with Crippen molar-refractivity contribution in [1.82, 2.24) is 30.4 Å². The summed E-state index contributed by atoms with van der Waals surface area (Å²) in [6.07, 6.45) is 8.34. The molecule has 4 heterocycles. The number of hydrogen-bond acceptors (Lipinski definition) is 12. The minimum atomic E-state index is -1.19. The second-order valence-corrected chi connectivity index (χ2v) is 13.2. The van der Waals surface area contributed by atoms with Gasteiger partial charge in [0.15, 0.2) is 5.76 Å². The monoisotopic (exact) mass is 653 g/mol. The predicted octanol–water partition coefficient (Wildman–Crippen LogP) is 3.64. The summed E-state index contributed by atoms with van der Waals surface area (Å²) in [6, 6.07) is -0.900. The van der Waals surface area contributed by atoms with Gasteiger partial charge < -0.3 is 20.0 Å². The average Bonchev–Trinajstić information content (AvgIpc) is 3.47. The lowest BCUT2D eigenvalue weighted by Gasteiger charge is -2.49. The molecule has 0 aromatic carbocycles. The Kier molecular flexibility index (Phi) is 13.1. The van der Waals surface area contributed by atoms with E-state index in [2.05, 4.69) is 39.8 Å². The average molecular weight is 654 g/mol. The van der Waals surface area contributed by atoms with E-state index in [0.717, 1.165) is 57.1 Å². The second-order valence-electron chi connectivity index (χ2n) is 10.2. The van der Waals surface area contributed by atoms with E-state index in [1.165, 1.54) is 40.2 Å². The van der Waals surface area contributed by atoms with Crippen molar-refractivity contribution in [3.8, 4) is 0 Å². The number of tetrazole rings is 1. The molecule has 0 aliphatic carbocycles. The summed E-state index contributed by atoms with van der Waals surface area (Å²) in [4.78, 5) is 45.6. The SMILES string of the molecule is CCCCCCON=C(C(=O)NC1C(=O)N2C(C(=O)O)=C(CSc3nnnn3CCCCCC)CS[C@@H]12)C1=CSCCO1. The number of thioether (sulfide) groups is 3. The highest BCUT2D eigenvalue weighted by molar-refractivity contribution is 8.02. The normalized spacial score (nSPS) is 20.2. The number of carbonyl (C=O) groups excluding carboxylic acids is 2. The maximum Gasteiger partial charge on any atom is 0.352 e. The molecule has 2 amide bonds. The molecular formula is C27H39N7O6S3. The van der Waals surface area contributed by atoms with E-state index in [-0.39, 0.29) is 11.4 Å². The van der Waals surface area contributed by atoms with E-state index in [1.807, 2.05) is 0 Å². The number of aryl methyl sites for hydroxylation is 1. The Morgan fingerprint density at radius 1 is 1.21 bits per heavy atom. The van der Waals surface area contributed by atoms with Crippen LogP contribution in [-0.2, 0) is 30.5 Å². The number of oxime groups is 1. The predicted molar refractivity (Wildman–Crippen MR) is 166 cm³/mol. The van der Waals surface area contributed by atoms with Gasteiger partial charge in [-0.3, -0.25) is 14.5 Å². The molecule has 4 rings (SSSR count). The van der Waals surface area contributed by atoms with Crippen LogP contribution in [0.1, 0.15) is 65.2 Å². The smallest absolute Gasteiger partial charge is 0.352 e. The number of aliphatic carboxylic acids is 1. The van der Waals surface area contributed by atoms with Gasteiger partial charge in [-0.15, -0.1) is 28.6 Å². The van der Waals surface area contributed by atoms with Crippen LogP contribution >= 0.6 is 35.3 Å². The molecular weight excluding hydrogens is 615 g/mol. The van der Waals surface area contributed by atoms with Gasteiger partial charge >= 0.3 is 5.97 Å². The Bertz CT molecular complexity index is 1240. The van der Waals surface area contributed by atoms with Crippen molar-refractivity contribution in [3.05, 3.63) is 22.4 Å². The standard InChI is InChI=1S/C27H39N7O6S3/c1-3-5-7-9-11-33-27(29-31-32-33)43-16-18-15-42-25-21(24(36)34(25)22(18)26(37)38)28-23(35)20(19-17-41-14-13-39-19)30-40-12-10-8-6-4-2/h17,21,25H,3-16H2,1-2H3,(H,28,35)(H,37,38)/t21?,25-/m0/s1. The van der Waals surface area contributed by atoms with E-state index >= 15 is 0 Å². The van der Waals surface area contributed by atoms with Gasteiger partial charge in [0.25, 0.3) is 11.8 Å². The zero-order chi connectivity index (χ0) is 30.6. The number of fused-ring (bicyclic) bond motifs is 1. The van der Waals surface area contributed by atoms with E-state index in [1.54, 1.807) is 10.1 Å². The van der Waals surface area contributed by atoms with Crippen molar-refractivity contribution in [2.24, 2.45) is 5.16 Å². The van der Waals surface area contributed by atoms with Gasteiger partial charge in [0.1, 0.15) is 23.7 Å². The Morgan fingerprint density at radius 3 is 2.72 bits per heavy atom. The molecule has 1 aromatic rings. The molecule has 2 atom stereocenters. The number of rotatable bonds is 18. The van der Waals surface area contributed by atoms with Crippen LogP contribution in [0.4, 0.5) is 0 Å². The third-order valence-electron chi connectivity index (χ3n) is 6.98.